The van der Waals surface area contributed by atoms with Gasteiger partial charge in [0.2, 0.25) is 5.91 Å². The molecule has 0 radical (unpaired) electrons. The predicted octanol–water partition coefficient (Wildman–Crippen LogP) is 2.63. The van der Waals surface area contributed by atoms with Gasteiger partial charge in [-0.15, -0.1) is 0 Å². The second-order valence-electron chi connectivity index (χ2n) is 5.92. The number of nitrogens with two attached hydrogens (primary N) is 1. The molecule has 3 amide bonds. The first kappa shape index (κ1) is 20.0. The molecular formula is C20H24N4O3. The molecule has 2 aromatic carbocycles. The smallest absolute Gasteiger partial charge is 0.323 e. The van der Waals surface area contributed by atoms with Crippen molar-refractivity contribution in [3.63, 3.8) is 0 Å². The van der Waals surface area contributed by atoms with Gasteiger partial charge in [-0.2, -0.15) is 0 Å². The van der Waals surface area contributed by atoms with E-state index in [0.717, 1.165) is 23.7 Å². The lowest BCUT2D eigenvalue weighted by atomic mass is 10.2. The molecule has 2 aromatic rings. The van der Waals surface area contributed by atoms with E-state index in [1.165, 1.54) is 19.1 Å². The molecule has 0 saturated carbocycles. The van der Waals surface area contributed by atoms with Crippen LogP contribution in [-0.4, -0.2) is 30.8 Å². The fourth-order valence-electron chi connectivity index (χ4n) is 2.70. The molecule has 142 valence electrons. The number of nitrogen functional groups attached to an aromatic ring is 1. The Morgan fingerprint density at radius 3 is 1.89 bits per heavy atom. The van der Waals surface area contributed by atoms with Gasteiger partial charge < -0.3 is 16.0 Å². The van der Waals surface area contributed by atoms with Crippen molar-refractivity contribution in [2.45, 2.75) is 20.8 Å². The molecule has 0 atom stereocenters. The predicted molar refractivity (Wildman–Crippen MR) is 108 cm³/mol. The molecule has 27 heavy (non-hydrogen) atoms. The minimum absolute atomic E-state index is 0.286. The summed E-state index contributed by atoms with van der Waals surface area (Å²) in [5.74, 6) is -2.41. The highest BCUT2D eigenvalue weighted by Crippen LogP contribution is 2.19. The lowest BCUT2D eigenvalue weighted by molar-refractivity contribution is -0.136. The average Bonchev–Trinajstić information content (AvgIpc) is 2.65. The summed E-state index contributed by atoms with van der Waals surface area (Å²) in [6.45, 7) is 7.09. The van der Waals surface area contributed by atoms with Crippen LogP contribution in [0.15, 0.2) is 48.5 Å². The van der Waals surface area contributed by atoms with E-state index >= 15 is 0 Å². The summed E-state index contributed by atoms with van der Waals surface area (Å²) in [5.41, 5.74) is 7.90. The van der Waals surface area contributed by atoms with Crippen LogP contribution in [0, 0.1) is 0 Å². The van der Waals surface area contributed by atoms with Gasteiger partial charge >= 0.3 is 11.8 Å². The molecule has 3 N–H and O–H groups in total. The largest absolute Gasteiger partial charge is 0.399 e. The van der Waals surface area contributed by atoms with E-state index in [1.54, 1.807) is 24.3 Å². The van der Waals surface area contributed by atoms with Crippen molar-refractivity contribution in [3.05, 3.63) is 48.5 Å². The van der Waals surface area contributed by atoms with Crippen molar-refractivity contribution in [2.24, 2.45) is 0 Å². The maximum atomic E-state index is 12.5. The Bertz CT molecular complexity index is 812. The maximum absolute atomic E-state index is 12.5. The standard InChI is InChI=1S/C20H24N4O3/c1-4-23(5-2)17-12-8-16(9-13-17)22-19(26)20(27)24(14(3)25)18-10-6-15(21)7-11-18/h6-13H,4-5,21H2,1-3H3,(H,22,26). The van der Waals surface area contributed by atoms with E-state index in [9.17, 15) is 14.4 Å². The summed E-state index contributed by atoms with van der Waals surface area (Å²) in [5, 5.41) is 2.53. The minimum atomic E-state index is -0.958. The zero-order valence-corrected chi connectivity index (χ0v) is 15.7. The lowest BCUT2D eigenvalue weighted by Crippen LogP contribution is -2.42. The number of carbonyl (C=O) groups excluding carboxylic acids is 3. The van der Waals surface area contributed by atoms with Crippen molar-refractivity contribution >= 4 is 40.5 Å². The van der Waals surface area contributed by atoms with Crippen LogP contribution in [0.3, 0.4) is 0 Å². The van der Waals surface area contributed by atoms with E-state index in [-0.39, 0.29) is 5.69 Å². The topological polar surface area (TPSA) is 95.7 Å². The molecule has 0 aliphatic heterocycles. The number of amides is 3. The number of rotatable bonds is 5. The van der Waals surface area contributed by atoms with Gasteiger partial charge in [0.05, 0.1) is 5.69 Å². The van der Waals surface area contributed by atoms with Crippen LogP contribution >= 0.6 is 0 Å². The second kappa shape index (κ2) is 8.84. The van der Waals surface area contributed by atoms with Gasteiger partial charge in [-0.1, -0.05) is 0 Å². The van der Waals surface area contributed by atoms with Gasteiger partial charge in [0.1, 0.15) is 0 Å². The first-order chi connectivity index (χ1) is 12.9. The van der Waals surface area contributed by atoms with Gasteiger partial charge in [0.25, 0.3) is 0 Å². The normalized spacial score (nSPS) is 10.2. The van der Waals surface area contributed by atoms with E-state index in [2.05, 4.69) is 24.1 Å². The van der Waals surface area contributed by atoms with Gasteiger partial charge in [0.15, 0.2) is 0 Å². The molecule has 0 aliphatic carbocycles. The Hall–Kier alpha value is -3.35. The Balaban J connectivity index is 2.14. The molecule has 0 bridgehead atoms. The Morgan fingerprint density at radius 2 is 1.41 bits per heavy atom. The molecule has 0 spiro atoms. The Labute approximate surface area is 158 Å². The number of hydrogen-bond acceptors (Lipinski definition) is 5. The van der Waals surface area contributed by atoms with Gasteiger partial charge in [0, 0.05) is 37.1 Å². The molecule has 2 rings (SSSR count). The van der Waals surface area contributed by atoms with Crippen molar-refractivity contribution in [1.82, 2.24) is 0 Å². The monoisotopic (exact) mass is 368 g/mol. The molecular weight excluding hydrogens is 344 g/mol. The van der Waals surface area contributed by atoms with Crippen LogP contribution in [0.5, 0.6) is 0 Å². The van der Waals surface area contributed by atoms with E-state index in [1.807, 2.05) is 12.1 Å². The van der Waals surface area contributed by atoms with E-state index in [4.69, 9.17) is 5.73 Å². The first-order valence-electron chi connectivity index (χ1n) is 8.73. The molecule has 0 aromatic heterocycles. The number of nitrogens with one attached hydrogen (secondary N) is 1. The van der Waals surface area contributed by atoms with Crippen LogP contribution < -0.4 is 20.9 Å². The molecule has 0 saturated heterocycles. The summed E-state index contributed by atoms with van der Waals surface area (Å²) in [6, 6.07) is 13.3. The van der Waals surface area contributed by atoms with Crippen molar-refractivity contribution in [3.8, 4) is 0 Å². The fourth-order valence-corrected chi connectivity index (χ4v) is 2.70. The molecule has 0 aliphatic rings. The molecule has 0 fully saturated rings. The summed E-state index contributed by atoms with van der Waals surface area (Å²) >= 11 is 0. The zero-order valence-electron chi connectivity index (χ0n) is 15.7. The number of imide groups is 1. The summed E-state index contributed by atoms with van der Waals surface area (Å²) in [7, 11) is 0. The maximum Gasteiger partial charge on any atom is 0.323 e. The third-order valence-corrected chi connectivity index (χ3v) is 4.12. The Kier molecular flexibility index (Phi) is 6.54. The lowest BCUT2D eigenvalue weighted by Gasteiger charge is -2.21. The van der Waals surface area contributed by atoms with Gasteiger partial charge in [-0.3, -0.25) is 14.4 Å². The highest BCUT2D eigenvalue weighted by atomic mass is 16.2. The third-order valence-electron chi connectivity index (χ3n) is 4.12. The van der Waals surface area contributed by atoms with Crippen LogP contribution in [0.2, 0.25) is 0 Å². The quantitative estimate of drug-likeness (QED) is 0.625. The van der Waals surface area contributed by atoms with Crippen LogP contribution in [0.4, 0.5) is 22.7 Å². The van der Waals surface area contributed by atoms with Gasteiger partial charge in [-0.25, -0.2) is 4.90 Å². The second-order valence-corrected chi connectivity index (χ2v) is 5.92. The summed E-state index contributed by atoms with van der Waals surface area (Å²) in [6.07, 6.45) is 0. The molecule has 0 heterocycles. The highest BCUT2D eigenvalue weighted by Gasteiger charge is 2.26. The van der Waals surface area contributed by atoms with Crippen LogP contribution in [0.25, 0.3) is 0 Å². The number of hydrogen-bond donors (Lipinski definition) is 2. The van der Waals surface area contributed by atoms with Crippen LogP contribution in [-0.2, 0) is 14.4 Å². The van der Waals surface area contributed by atoms with E-state index < -0.39 is 17.7 Å². The number of benzene rings is 2. The molecule has 7 nitrogen and oxygen atoms in total. The number of anilines is 4. The van der Waals surface area contributed by atoms with Crippen LogP contribution in [0.1, 0.15) is 20.8 Å². The highest BCUT2D eigenvalue weighted by molar-refractivity contribution is 6.48. The molecule has 7 heteroatoms. The SMILES string of the molecule is CCN(CC)c1ccc(NC(=O)C(=O)N(C(C)=O)c2ccc(N)cc2)cc1. The number of nitrogens with zero attached hydrogens (tertiary/aromatic N) is 2. The van der Waals surface area contributed by atoms with Gasteiger partial charge in [-0.05, 0) is 62.4 Å². The van der Waals surface area contributed by atoms with Crippen molar-refractivity contribution in [2.75, 3.05) is 33.9 Å². The minimum Gasteiger partial charge on any atom is -0.399 e. The summed E-state index contributed by atoms with van der Waals surface area (Å²) in [4.78, 5) is 39.7. The molecule has 0 unspecified atom stereocenters. The fraction of sp³-hybridized carbons (Fsp3) is 0.250. The van der Waals surface area contributed by atoms with E-state index in [0.29, 0.717) is 11.4 Å². The first-order valence-corrected chi connectivity index (χ1v) is 8.73. The Morgan fingerprint density at radius 1 is 0.889 bits per heavy atom. The zero-order chi connectivity index (χ0) is 20.0. The van der Waals surface area contributed by atoms with Crippen molar-refractivity contribution < 1.29 is 14.4 Å². The average molecular weight is 368 g/mol. The third kappa shape index (κ3) is 4.84. The van der Waals surface area contributed by atoms with Crippen molar-refractivity contribution in [1.29, 1.82) is 0 Å². The summed E-state index contributed by atoms with van der Waals surface area (Å²) < 4.78 is 0. The number of carbonyl (C=O) groups is 3.